The number of carbonyl (C=O) groups is 1. The molecular formula is C18H13FN2OS. The van der Waals surface area contributed by atoms with Gasteiger partial charge in [-0.1, -0.05) is 12.1 Å². The number of nitrogens with zero attached hydrogens (tertiary/aromatic N) is 1. The highest BCUT2D eigenvalue weighted by molar-refractivity contribution is 7.13. The summed E-state index contributed by atoms with van der Waals surface area (Å²) in [5.41, 5.74) is 2.34. The lowest BCUT2D eigenvalue weighted by atomic mass is 10.2. The minimum absolute atomic E-state index is 0.267. The Morgan fingerprint density at radius 2 is 2.00 bits per heavy atom. The first-order valence-corrected chi connectivity index (χ1v) is 7.83. The molecule has 1 N–H and O–H groups in total. The van der Waals surface area contributed by atoms with Crippen LogP contribution in [-0.4, -0.2) is 10.9 Å². The number of rotatable bonds is 4. The molecule has 0 spiro atoms. The SMILES string of the molecule is O=C(/C=C/c1cccc(F)c1)Nc1ccc(-c2nccs2)cc1. The van der Waals surface area contributed by atoms with E-state index in [0.717, 1.165) is 10.6 Å². The number of amides is 1. The lowest BCUT2D eigenvalue weighted by Crippen LogP contribution is -2.07. The van der Waals surface area contributed by atoms with Gasteiger partial charge in [0.1, 0.15) is 10.8 Å². The Labute approximate surface area is 137 Å². The summed E-state index contributed by atoms with van der Waals surface area (Å²) in [7, 11) is 0. The van der Waals surface area contributed by atoms with Gasteiger partial charge in [0.15, 0.2) is 0 Å². The Hall–Kier alpha value is -2.79. The monoisotopic (exact) mass is 324 g/mol. The molecule has 0 aliphatic rings. The van der Waals surface area contributed by atoms with Crippen LogP contribution in [0.15, 0.2) is 66.2 Å². The van der Waals surface area contributed by atoms with Gasteiger partial charge in [-0.15, -0.1) is 11.3 Å². The van der Waals surface area contributed by atoms with Crippen molar-refractivity contribution in [3.8, 4) is 10.6 Å². The molecule has 0 atom stereocenters. The van der Waals surface area contributed by atoms with Crippen LogP contribution in [0.3, 0.4) is 0 Å². The van der Waals surface area contributed by atoms with E-state index in [1.165, 1.54) is 18.2 Å². The van der Waals surface area contributed by atoms with Gasteiger partial charge in [0.05, 0.1) is 0 Å². The molecule has 1 aromatic heterocycles. The number of halogens is 1. The molecule has 0 fully saturated rings. The molecule has 0 saturated heterocycles. The fourth-order valence-corrected chi connectivity index (χ4v) is 2.67. The first-order chi connectivity index (χ1) is 11.2. The number of nitrogens with one attached hydrogen (secondary N) is 1. The molecule has 0 radical (unpaired) electrons. The smallest absolute Gasteiger partial charge is 0.248 e. The predicted molar refractivity (Wildman–Crippen MR) is 91.6 cm³/mol. The maximum Gasteiger partial charge on any atom is 0.248 e. The Kier molecular flexibility index (Phi) is 4.59. The molecule has 5 heteroatoms. The fourth-order valence-electron chi connectivity index (χ4n) is 2.03. The van der Waals surface area contributed by atoms with Crippen LogP contribution >= 0.6 is 11.3 Å². The molecule has 1 heterocycles. The third kappa shape index (κ3) is 4.11. The molecule has 0 aliphatic heterocycles. The lowest BCUT2D eigenvalue weighted by molar-refractivity contribution is -0.111. The van der Waals surface area contributed by atoms with Crippen LogP contribution in [-0.2, 0) is 4.79 Å². The minimum Gasteiger partial charge on any atom is -0.323 e. The topological polar surface area (TPSA) is 42.0 Å². The van der Waals surface area contributed by atoms with Crippen LogP contribution in [0.25, 0.3) is 16.6 Å². The molecule has 1 amide bonds. The van der Waals surface area contributed by atoms with Crippen molar-refractivity contribution >= 4 is 29.0 Å². The van der Waals surface area contributed by atoms with E-state index < -0.39 is 0 Å². The maximum atomic E-state index is 13.1. The molecule has 3 rings (SSSR count). The largest absolute Gasteiger partial charge is 0.323 e. The van der Waals surface area contributed by atoms with E-state index in [9.17, 15) is 9.18 Å². The van der Waals surface area contributed by atoms with E-state index in [0.29, 0.717) is 11.3 Å². The normalized spacial score (nSPS) is 10.8. The van der Waals surface area contributed by atoms with Gasteiger partial charge >= 0.3 is 0 Å². The molecule has 2 aromatic carbocycles. The Morgan fingerprint density at radius 3 is 2.70 bits per heavy atom. The summed E-state index contributed by atoms with van der Waals surface area (Å²) in [5, 5.41) is 5.62. The summed E-state index contributed by atoms with van der Waals surface area (Å²) >= 11 is 1.56. The third-order valence-electron chi connectivity index (χ3n) is 3.11. The van der Waals surface area contributed by atoms with E-state index in [4.69, 9.17) is 0 Å². The van der Waals surface area contributed by atoms with Crippen LogP contribution in [0, 0.1) is 5.82 Å². The fraction of sp³-hybridized carbons (Fsp3) is 0. The highest BCUT2D eigenvalue weighted by Crippen LogP contribution is 2.23. The number of hydrogen-bond acceptors (Lipinski definition) is 3. The van der Waals surface area contributed by atoms with Gasteiger partial charge in [-0.3, -0.25) is 4.79 Å². The summed E-state index contributed by atoms with van der Waals surface area (Å²) in [5.74, 6) is -0.596. The van der Waals surface area contributed by atoms with E-state index in [-0.39, 0.29) is 11.7 Å². The Morgan fingerprint density at radius 1 is 1.17 bits per heavy atom. The van der Waals surface area contributed by atoms with Gasteiger partial charge in [-0.05, 0) is 48.0 Å². The van der Waals surface area contributed by atoms with Crippen molar-refractivity contribution in [2.75, 3.05) is 5.32 Å². The molecule has 23 heavy (non-hydrogen) atoms. The average molecular weight is 324 g/mol. The van der Waals surface area contributed by atoms with E-state index >= 15 is 0 Å². The molecular weight excluding hydrogens is 311 g/mol. The quantitative estimate of drug-likeness (QED) is 0.713. The van der Waals surface area contributed by atoms with Crippen LogP contribution in [0.1, 0.15) is 5.56 Å². The second-order valence-electron chi connectivity index (χ2n) is 4.79. The van der Waals surface area contributed by atoms with Gasteiger partial charge in [0, 0.05) is 28.9 Å². The van der Waals surface area contributed by atoms with Crippen LogP contribution < -0.4 is 5.32 Å². The van der Waals surface area contributed by atoms with Crippen molar-refractivity contribution in [2.45, 2.75) is 0 Å². The number of carbonyl (C=O) groups excluding carboxylic acids is 1. The minimum atomic E-state index is -0.328. The van der Waals surface area contributed by atoms with Crippen molar-refractivity contribution in [2.24, 2.45) is 0 Å². The summed E-state index contributed by atoms with van der Waals surface area (Å²) in [6.07, 6.45) is 4.71. The second-order valence-corrected chi connectivity index (χ2v) is 5.69. The summed E-state index contributed by atoms with van der Waals surface area (Å²) in [6, 6.07) is 13.5. The Bertz CT molecular complexity index is 826. The number of aromatic nitrogens is 1. The van der Waals surface area contributed by atoms with Crippen LogP contribution in [0.2, 0.25) is 0 Å². The summed E-state index contributed by atoms with van der Waals surface area (Å²) in [4.78, 5) is 16.1. The molecule has 114 valence electrons. The van der Waals surface area contributed by atoms with Crippen molar-refractivity contribution in [3.05, 3.63) is 77.6 Å². The van der Waals surface area contributed by atoms with Gasteiger partial charge in [0.2, 0.25) is 5.91 Å². The molecule has 3 nitrogen and oxygen atoms in total. The van der Waals surface area contributed by atoms with E-state index in [1.807, 2.05) is 29.6 Å². The first kappa shape index (κ1) is 15.1. The van der Waals surface area contributed by atoms with Crippen molar-refractivity contribution in [1.82, 2.24) is 4.98 Å². The van der Waals surface area contributed by atoms with Gasteiger partial charge in [-0.25, -0.2) is 9.37 Å². The van der Waals surface area contributed by atoms with Crippen molar-refractivity contribution in [3.63, 3.8) is 0 Å². The summed E-state index contributed by atoms with van der Waals surface area (Å²) in [6.45, 7) is 0. The number of thiazole rings is 1. The zero-order valence-corrected chi connectivity index (χ0v) is 12.9. The molecule has 0 saturated carbocycles. The standard InChI is InChI=1S/C18H13FN2OS/c19-15-3-1-2-13(12-15)4-9-17(22)21-16-7-5-14(6-8-16)18-20-10-11-23-18/h1-12H,(H,21,22)/b9-4+. The van der Waals surface area contributed by atoms with Crippen molar-refractivity contribution in [1.29, 1.82) is 0 Å². The van der Waals surface area contributed by atoms with E-state index in [1.54, 1.807) is 35.7 Å². The lowest BCUT2D eigenvalue weighted by Gasteiger charge is -2.03. The average Bonchev–Trinajstić information content (AvgIpc) is 3.08. The van der Waals surface area contributed by atoms with Crippen LogP contribution in [0.4, 0.5) is 10.1 Å². The maximum absolute atomic E-state index is 13.1. The molecule has 0 unspecified atom stereocenters. The zero-order chi connectivity index (χ0) is 16.1. The van der Waals surface area contributed by atoms with Crippen LogP contribution in [0.5, 0.6) is 0 Å². The predicted octanol–water partition coefficient (Wildman–Crippen LogP) is 4.60. The first-order valence-electron chi connectivity index (χ1n) is 6.95. The molecule has 0 aliphatic carbocycles. The second kappa shape index (κ2) is 6.98. The number of anilines is 1. The molecule has 3 aromatic rings. The highest BCUT2D eigenvalue weighted by Gasteiger charge is 2.02. The summed E-state index contributed by atoms with van der Waals surface area (Å²) < 4.78 is 13.1. The number of hydrogen-bond donors (Lipinski definition) is 1. The number of benzene rings is 2. The van der Waals surface area contributed by atoms with Gasteiger partial charge < -0.3 is 5.32 Å². The van der Waals surface area contributed by atoms with Crippen molar-refractivity contribution < 1.29 is 9.18 Å². The molecule has 0 bridgehead atoms. The zero-order valence-electron chi connectivity index (χ0n) is 12.1. The van der Waals surface area contributed by atoms with E-state index in [2.05, 4.69) is 10.3 Å². The Balaban J connectivity index is 1.64. The third-order valence-corrected chi connectivity index (χ3v) is 3.93. The highest BCUT2D eigenvalue weighted by atomic mass is 32.1. The van der Waals surface area contributed by atoms with Gasteiger partial charge in [0.25, 0.3) is 0 Å². The van der Waals surface area contributed by atoms with Gasteiger partial charge in [-0.2, -0.15) is 0 Å².